The molecule has 0 aliphatic carbocycles. The van der Waals surface area contributed by atoms with Gasteiger partial charge >= 0.3 is 0 Å². The van der Waals surface area contributed by atoms with Gasteiger partial charge in [-0.25, -0.2) is 4.39 Å². The van der Waals surface area contributed by atoms with Gasteiger partial charge in [-0.2, -0.15) is 11.8 Å². The fourth-order valence-corrected chi connectivity index (χ4v) is 7.41. The lowest BCUT2D eigenvalue weighted by Gasteiger charge is -2.58. The number of halogens is 1. The molecule has 3 nitrogen and oxygen atoms in total. The Bertz CT molecular complexity index is 722. The van der Waals surface area contributed by atoms with Crippen molar-refractivity contribution in [1.82, 2.24) is 9.80 Å². The minimum absolute atomic E-state index is 0.169. The molecule has 4 atom stereocenters. The smallest absolute Gasteiger partial charge is 0.223 e. The van der Waals surface area contributed by atoms with Crippen molar-refractivity contribution < 1.29 is 9.18 Å². The molecule has 0 radical (unpaired) electrons. The Morgan fingerprint density at radius 3 is 2.75 bits per heavy atom. The number of amides is 1. The van der Waals surface area contributed by atoms with Crippen molar-refractivity contribution in [2.24, 2.45) is 11.8 Å². The molecule has 1 aromatic rings. The van der Waals surface area contributed by atoms with E-state index in [4.69, 9.17) is 0 Å². The molecule has 0 N–H and O–H groups in total. The van der Waals surface area contributed by atoms with Crippen LogP contribution in [-0.4, -0.2) is 58.4 Å². The molecular weight excluding hydrogens is 371 g/mol. The molecular formula is C23H31FN2OS. The molecule has 0 unspecified atom stereocenters. The quantitative estimate of drug-likeness (QED) is 0.764. The maximum atomic E-state index is 13.8. The normalized spacial score (nSPS) is 34.3. The van der Waals surface area contributed by atoms with Crippen LogP contribution in [0.15, 0.2) is 24.3 Å². The van der Waals surface area contributed by atoms with Crippen LogP contribution in [0.3, 0.4) is 0 Å². The fourth-order valence-electron chi connectivity index (χ4n) is 6.33. The third-order valence-corrected chi connectivity index (χ3v) is 8.61. The van der Waals surface area contributed by atoms with Crippen molar-refractivity contribution in [3.8, 4) is 0 Å². The summed E-state index contributed by atoms with van der Waals surface area (Å²) in [7, 11) is 0. The predicted molar refractivity (Wildman–Crippen MR) is 112 cm³/mol. The zero-order valence-corrected chi connectivity index (χ0v) is 17.4. The Morgan fingerprint density at radius 2 is 1.93 bits per heavy atom. The van der Waals surface area contributed by atoms with Gasteiger partial charge < -0.3 is 4.90 Å². The summed E-state index contributed by atoms with van der Waals surface area (Å²) in [5.74, 6) is 3.90. The minimum Gasteiger partial charge on any atom is -0.336 e. The molecule has 0 spiro atoms. The first kappa shape index (κ1) is 18.9. The lowest BCUT2D eigenvalue weighted by Crippen LogP contribution is -2.66. The second-order valence-electron chi connectivity index (χ2n) is 9.22. The summed E-state index contributed by atoms with van der Waals surface area (Å²) in [6, 6.07) is 8.37. The number of hydrogen-bond donors (Lipinski definition) is 0. The van der Waals surface area contributed by atoms with E-state index in [9.17, 15) is 9.18 Å². The zero-order chi connectivity index (χ0) is 19.1. The van der Waals surface area contributed by atoms with Crippen molar-refractivity contribution in [2.45, 2.75) is 63.1 Å². The van der Waals surface area contributed by atoms with Crippen LogP contribution in [0.4, 0.5) is 4.39 Å². The second kappa shape index (κ2) is 7.98. The summed E-state index contributed by atoms with van der Waals surface area (Å²) in [4.78, 5) is 18.0. The maximum absolute atomic E-state index is 13.8. The summed E-state index contributed by atoms with van der Waals surface area (Å²) < 4.78 is 13.8. The maximum Gasteiger partial charge on any atom is 0.223 e. The highest BCUT2D eigenvalue weighted by atomic mass is 32.2. The van der Waals surface area contributed by atoms with Crippen LogP contribution in [0.5, 0.6) is 0 Å². The number of benzene rings is 1. The number of carbonyl (C=O) groups is 1. The van der Waals surface area contributed by atoms with E-state index in [2.05, 4.69) is 21.6 Å². The number of fused-ring (bicyclic) bond motifs is 4. The molecule has 1 aromatic carbocycles. The fraction of sp³-hybridized carbons (Fsp3) is 0.696. The number of piperidine rings is 3. The van der Waals surface area contributed by atoms with Crippen LogP contribution in [0, 0.1) is 17.7 Å². The van der Waals surface area contributed by atoms with Crippen LogP contribution in [0.2, 0.25) is 0 Å². The van der Waals surface area contributed by atoms with Crippen molar-refractivity contribution in [3.05, 3.63) is 35.6 Å². The highest BCUT2D eigenvalue weighted by Crippen LogP contribution is 2.43. The third kappa shape index (κ3) is 3.60. The molecule has 4 saturated heterocycles. The molecule has 0 aromatic heterocycles. The number of hydrogen-bond acceptors (Lipinski definition) is 3. The monoisotopic (exact) mass is 402 g/mol. The second-order valence-corrected chi connectivity index (χ2v) is 10.4. The van der Waals surface area contributed by atoms with Gasteiger partial charge in [0.05, 0.1) is 0 Å². The molecule has 5 rings (SSSR count). The summed E-state index contributed by atoms with van der Waals surface area (Å²) in [6.45, 7) is 2.29. The highest BCUT2D eigenvalue weighted by Gasteiger charge is 2.49. The summed E-state index contributed by atoms with van der Waals surface area (Å²) in [5, 5.41) is 0. The molecule has 1 amide bonds. The molecule has 5 heteroatoms. The molecule has 0 saturated carbocycles. The number of likely N-dealkylation sites (tertiary alicyclic amines) is 1. The van der Waals surface area contributed by atoms with Gasteiger partial charge in [-0.3, -0.25) is 9.69 Å². The zero-order valence-electron chi connectivity index (χ0n) is 16.6. The van der Waals surface area contributed by atoms with Gasteiger partial charge in [0, 0.05) is 37.6 Å². The van der Waals surface area contributed by atoms with Crippen molar-refractivity contribution >= 4 is 17.7 Å². The predicted octanol–water partition coefficient (Wildman–Crippen LogP) is 3.97. The number of nitrogens with zero attached hydrogens (tertiary/aromatic N) is 2. The Balaban J connectivity index is 1.42. The summed E-state index contributed by atoms with van der Waals surface area (Å²) in [6.07, 6.45) is 7.54. The van der Waals surface area contributed by atoms with E-state index in [-0.39, 0.29) is 11.9 Å². The van der Waals surface area contributed by atoms with Gasteiger partial charge in [0.1, 0.15) is 5.82 Å². The van der Waals surface area contributed by atoms with Crippen LogP contribution in [0.1, 0.15) is 44.1 Å². The van der Waals surface area contributed by atoms with E-state index in [0.29, 0.717) is 30.2 Å². The van der Waals surface area contributed by atoms with Gasteiger partial charge in [-0.05, 0) is 79.6 Å². The van der Waals surface area contributed by atoms with Gasteiger partial charge in [-0.1, -0.05) is 12.1 Å². The minimum atomic E-state index is -0.169. The average Bonchev–Trinajstić information content (AvgIpc) is 2.72. The van der Waals surface area contributed by atoms with E-state index in [0.717, 1.165) is 37.4 Å². The average molecular weight is 403 g/mol. The van der Waals surface area contributed by atoms with Crippen LogP contribution < -0.4 is 0 Å². The topological polar surface area (TPSA) is 23.6 Å². The standard InChI is InChI=1S/C23H31FN2OS/c24-19-4-1-3-16(11-19)12-22-18-13-17(21-5-2-6-23(27)26(21)22)14-25(15-18)20-7-9-28-10-8-20/h1,3-4,11,17-18,20-22H,2,5-10,12-15H2/t17-,18+,21+,22+/m1/s1. The molecule has 2 bridgehead atoms. The van der Waals surface area contributed by atoms with E-state index in [1.54, 1.807) is 12.1 Å². The largest absolute Gasteiger partial charge is 0.336 e. The summed E-state index contributed by atoms with van der Waals surface area (Å²) >= 11 is 2.09. The van der Waals surface area contributed by atoms with Gasteiger partial charge in [0.25, 0.3) is 0 Å². The Labute approximate surface area is 172 Å². The molecule has 152 valence electrons. The Kier molecular flexibility index (Phi) is 5.40. The molecule has 4 aliphatic rings. The van der Waals surface area contributed by atoms with E-state index in [1.165, 1.54) is 43.4 Å². The number of thioether (sulfide) groups is 1. The van der Waals surface area contributed by atoms with Gasteiger partial charge in [-0.15, -0.1) is 0 Å². The van der Waals surface area contributed by atoms with Gasteiger partial charge in [0.15, 0.2) is 0 Å². The lowest BCUT2D eigenvalue weighted by atomic mass is 9.70. The first-order chi connectivity index (χ1) is 13.7. The van der Waals surface area contributed by atoms with E-state index in [1.807, 2.05) is 6.07 Å². The summed E-state index contributed by atoms with van der Waals surface area (Å²) in [5.41, 5.74) is 1.03. The molecule has 4 fully saturated rings. The van der Waals surface area contributed by atoms with Crippen molar-refractivity contribution in [3.63, 3.8) is 0 Å². The first-order valence-electron chi connectivity index (χ1n) is 11.1. The number of rotatable bonds is 3. The highest BCUT2D eigenvalue weighted by molar-refractivity contribution is 7.99. The number of carbonyl (C=O) groups excluding carboxylic acids is 1. The van der Waals surface area contributed by atoms with E-state index < -0.39 is 0 Å². The van der Waals surface area contributed by atoms with Crippen LogP contribution in [0.25, 0.3) is 0 Å². The Morgan fingerprint density at radius 1 is 1.11 bits per heavy atom. The Hall–Kier alpha value is -1.07. The first-order valence-corrected chi connectivity index (χ1v) is 12.2. The lowest BCUT2D eigenvalue weighted by molar-refractivity contribution is -0.153. The SMILES string of the molecule is O=C1CCC[C@H]2[C@@H]3C[C@@H](CN(C4CCSCC4)C3)[C@H](Cc3cccc(F)c3)N12. The van der Waals surface area contributed by atoms with Gasteiger partial charge in [0.2, 0.25) is 5.91 Å². The van der Waals surface area contributed by atoms with Crippen molar-refractivity contribution in [2.75, 3.05) is 24.6 Å². The third-order valence-electron chi connectivity index (χ3n) is 7.57. The molecule has 4 heterocycles. The van der Waals surface area contributed by atoms with Crippen LogP contribution >= 0.6 is 11.8 Å². The molecule has 28 heavy (non-hydrogen) atoms. The molecule has 4 aliphatic heterocycles. The van der Waals surface area contributed by atoms with Crippen molar-refractivity contribution in [1.29, 1.82) is 0 Å². The van der Waals surface area contributed by atoms with Crippen LogP contribution in [-0.2, 0) is 11.2 Å². The van der Waals surface area contributed by atoms with E-state index >= 15 is 0 Å².